The van der Waals surface area contributed by atoms with Crippen molar-refractivity contribution in [1.82, 2.24) is 15.1 Å². The van der Waals surface area contributed by atoms with Gasteiger partial charge < -0.3 is 5.32 Å². The Kier molecular flexibility index (Phi) is 4.14. The van der Waals surface area contributed by atoms with Crippen LogP contribution in [0.4, 0.5) is 0 Å². The number of rotatable bonds is 5. The van der Waals surface area contributed by atoms with Crippen LogP contribution in [0.15, 0.2) is 12.3 Å². The predicted molar refractivity (Wildman–Crippen MR) is 59.4 cm³/mol. The molecule has 3 nitrogen and oxygen atoms in total. The summed E-state index contributed by atoms with van der Waals surface area (Å²) in [4.78, 5) is 0. The fourth-order valence-corrected chi connectivity index (χ4v) is 1.78. The summed E-state index contributed by atoms with van der Waals surface area (Å²) in [7, 11) is 1.96. The largest absolute Gasteiger partial charge is 0.315 e. The SMILES string of the molecule is CCNC(C)CC(C)c1ccn(C)n1. The normalized spacial score (nSPS) is 15.4. The molecule has 0 bridgehead atoms. The van der Waals surface area contributed by atoms with Crippen LogP contribution < -0.4 is 5.32 Å². The van der Waals surface area contributed by atoms with E-state index in [-0.39, 0.29) is 0 Å². The van der Waals surface area contributed by atoms with Crippen LogP contribution in [0, 0.1) is 0 Å². The van der Waals surface area contributed by atoms with Gasteiger partial charge in [-0.2, -0.15) is 5.10 Å². The molecular weight excluding hydrogens is 174 g/mol. The van der Waals surface area contributed by atoms with E-state index < -0.39 is 0 Å². The quantitative estimate of drug-likeness (QED) is 0.778. The lowest BCUT2D eigenvalue weighted by molar-refractivity contribution is 0.483. The molecule has 0 spiro atoms. The molecule has 0 aromatic carbocycles. The molecule has 1 aromatic rings. The number of hydrogen-bond donors (Lipinski definition) is 1. The molecule has 1 aromatic heterocycles. The lowest BCUT2D eigenvalue weighted by Crippen LogP contribution is -2.27. The Balaban J connectivity index is 2.45. The third kappa shape index (κ3) is 3.14. The van der Waals surface area contributed by atoms with Crippen molar-refractivity contribution in [2.24, 2.45) is 7.05 Å². The molecule has 2 atom stereocenters. The Hall–Kier alpha value is -0.830. The Morgan fingerprint density at radius 3 is 2.71 bits per heavy atom. The average Bonchev–Trinajstić information content (AvgIpc) is 2.52. The van der Waals surface area contributed by atoms with E-state index in [2.05, 4.69) is 37.3 Å². The second-order valence-electron chi connectivity index (χ2n) is 4.01. The highest BCUT2D eigenvalue weighted by molar-refractivity contribution is 5.05. The molecule has 0 amide bonds. The van der Waals surface area contributed by atoms with Gasteiger partial charge in [0.1, 0.15) is 0 Å². The summed E-state index contributed by atoms with van der Waals surface area (Å²) in [6.07, 6.45) is 3.15. The summed E-state index contributed by atoms with van der Waals surface area (Å²) >= 11 is 0. The zero-order valence-corrected chi connectivity index (χ0v) is 9.62. The van der Waals surface area contributed by atoms with E-state index in [0.29, 0.717) is 12.0 Å². The van der Waals surface area contributed by atoms with Crippen LogP contribution in [-0.4, -0.2) is 22.4 Å². The van der Waals surface area contributed by atoms with Crippen molar-refractivity contribution < 1.29 is 0 Å². The first-order chi connectivity index (χ1) is 6.63. The van der Waals surface area contributed by atoms with Crippen molar-refractivity contribution in [2.45, 2.75) is 39.2 Å². The summed E-state index contributed by atoms with van der Waals surface area (Å²) in [5.74, 6) is 0.533. The molecule has 14 heavy (non-hydrogen) atoms. The molecule has 0 saturated carbocycles. The molecule has 0 fully saturated rings. The molecule has 0 aliphatic rings. The van der Waals surface area contributed by atoms with Gasteiger partial charge in [-0.25, -0.2) is 0 Å². The summed E-state index contributed by atoms with van der Waals surface area (Å²) in [5, 5.41) is 7.83. The molecule has 0 aliphatic heterocycles. The van der Waals surface area contributed by atoms with Gasteiger partial charge in [0, 0.05) is 25.2 Å². The topological polar surface area (TPSA) is 29.9 Å². The van der Waals surface area contributed by atoms with Crippen LogP contribution >= 0.6 is 0 Å². The van der Waals surface area contributed by atoms with Gasteiger partial charge in [0.25, 0.3) is 0 Å². The average molecular weight is 195 g/mol. The van der Waals surface area contributed by atoms with Gasteiger partial charge in [-0.05, 0) is 26.0 Å². The van der Waals surface area contributed by atoms with Crippen LogP contribution in [-0.2, 0) is 7.05 Å². The van der Waals surface area contributed by atoms with E-state index in [1.807, 2.05) is 17.9 Å². The monoisotopic (exact) mass is 195 g/mol. The van der Waals surface area contributed by atoms with Gasteiger partial charge in [-0.3, -0.25) is 4.68 Å². The molecule has 1 rings (SSSR count). The summed E-state index contributed by atoms with van der Waals surface area (Å²) in [6, 6.07) is 2.67. The molecule has 3 heteroatoms. The maximum Gasteiger partial charge on any atom is 0.0653 e. The maximum absolute atomic E-state index is 4.41. The number of aromatic nitrogens is 2. The maximum atomic E-state index is 4.41. The van der Waals surface area contributed by atoms with E-state index in [1.54, 1.807) is 0 Å². The van der Waals surface area contributed by atoms with Crippen molar-refractivity contribution in [3.05, 3.63) is 18.0 Å². The number of hydrogen-bond acceptors (Lipinski definition) is 2. The number of nitrogens with one attached hydrogen (secondary N) is 1. The van der Waals surface area contributed by atoms with Crippen LogP contribution in [0.2, 0.25) is 0 Å². The van der Waals surface area contributed by atoms with Crippen molar-refractivity contribution in [2.75, 3.05) is 6.54 Å². The second-order valence-corrected chi connectivity index (χ2v) is 4.01. The zero-order chi connectivity index (χ0) is 10.6. The summed E-state index contributed by atoms with van der Waals surface area (Å²) < 4.78 is 1.86. The number of aryl methyl sites for hydroxylation is 1. The summed E-state index contributed by atoms with van der Waals surface area (Å²) in [6.45, 7) is 7.64. The standard InChI is InChI=1S/C11H21N3/c1-5-12-10(3)8-9(2)11-6-7-14(4)13-11/h6-7,9-10,12H,5,8H2,1-4H3. The van der Waals surface area contributed by atoms with Gasteiger partial charge >= 0.3 is 0 Å². The highest BCUT2D eigenvalue weighted by Gasteiger charge is 2.11. The minimum atomic E-state index is 0.533. The van der Waals surface area contributed by atoms with Crippen molar-refractivity contribution in [1.29, 1.82) is 0 Å². The summed E-state index contributed by atoms with van der Waals surface area (Å²) in [5.41, 5.74) is 1.19. The Bertz CT molecular complexity index is 267. The number of nitrogens with zero attached hydrogens (tertiary/aromatic N) is 2. The molecular formula is C11H21N3. The Labute approximate surface area is 86.5 Å². The van der Waals surface area contributed by atoms with Gasteiger partial charge in [-0.15, -0.1) is 0 Å². The smallest absolute Gasteiger partial charge is 0.0653 e. The molecule has 0 radical (unpaired) electrons. The first-order valence-electron chi connectivity index (χ1n) is 5.36. The zero-order valence-electron chi connectivity index (χ0n) is 9.62. The van der Waals surface area contributed by atoms with Crippen LogP contribution in [0.3, 0.4) is 0 Å². The Morgan fingerprint density at radius 1 is 1.50 bits per heavy atom. The molecule has 2 unspecified atom stereocenters. The highest BCUT2D eigenvalue weighted by atomic mass is 15.2. The van der Waals surface area contributed by atoms with Crippen LogP contribution in [0.25, 0.3) is 0 Å². The molecule has 1 N–H and O–H groups in total. The van der Waals surface area contributed by atoms with Crippen LogP contribution in [0.1, 0.15) is 38.8 Å². The third-order valence-corrected chi connectivity index (χ3v) is 2.50. The molecule has 1 heterocycles. The third-order valence-electron chi connectivity index (χ3n) is 2.50. The van der Waals surface area contributed by atoms with E-state index >= 15 is 0 Å². The minimum Gasteiger partial charge on any atom is -0.315 e. The van der Waals surface area contributed by atoms with Gasteiger partial charge in [0.2, 0.25) is 0 Å². The van der Waals surface area contributed by atoms with Crippen molar-refractivity contribution in [3.8, 4) is 0 Å². The lowest BCUT2D eigenvalue weighted by Gasteiger charge is -2.16. The fourth-order valence-electron chi connectivity index (χ4n) is 1.78. The van der Waals surface area contributed by atoms with E-state index in [9.17, 15) is 0 Å². The van der Waals surface area contributed by atoms with Gasteiger partial charge in [0.05, 0.1) is 5.69 Å². The van der Waals surface area contributed by atoms with Crippen molar-refractivity contribution in [3.63, 3.8) is 0 Å². The highest BCUT2D eigenvalue weighted by Crippen LogP contribution is 2.18. The first-order valence-corrected chi connectivity index (χ1v) is 5.36. The molecule has 80 valence electrons. The van der Waals surface area contributed by atoms with E-state index in [0.717, 1.165) is 13.0 Å². The van der Waals surface area contributed by atoms with Gasteiger partial charge in [-0.1, -0.05) is 13.8 Å². The first kappa shape index (κ1) is 11.2. The van der Waals surface area contributed by atoms with Crippen molar-refractivity contribution >= 4 is 0 Å². The van der Waals surface area contributed by atoms with E-state index in [4.69, 9.17) is 0 Å². The molecule has 0 saturated heterocycles. The minimum absolute atomic E-state index is 0.533. The van der Waals surface area contributed by atoms with Crippen LogP contribution in [0.5, 0.6) is 0 Å². The van der Waals surface area contributed by atoms with Gasteiger partial charge in [0.15, 0.2) is 0 Å². The molecule has 0 aliphatic carbocycles. The predicted octanol–water partition coefficient (Wildman–Crippen LogP) is 1.91. The Morgan fingerprint density at radius 2 is 2.21 bits per heavy atom. The fraction of sp³-hybridized carbons (Fsp3) is 0.727. The second kappa shape index (κ2) is 5.15. The van der Waals surface area contributed by atoms with E-state index in [1.165, 1.54) is 5.69 Å². The lowest BCUT2D eigenvalue weighted by atomic mass is 10.00.